The lowest BCUT2D eigenvalue weighted by molar-refractivity contribution is 0.461. The van der Waals surface area contributed by atoms with Crippen molar-refractivity contribution < 1.29 is 4.74 Å². The number of hydrogen-bond donors (Lipinski definition) is 0. The highest BCUT2D eigenvalue weighted by atomic mass is 16.5. The Balaban J connectivity index is 1.29. The molecule has 7 nitrogen and oxygen atoms in total. The topological polar surface area (TPSA) is 92.5 Å². The van der Waals surface area contributed by atoms with Gasteiger partial charge in [-0.3, -0.25) is 9.13 Å². The van der Waals surface area contributed by atoms with E-state index >= 15 is 0 Å². The molecular weight excluding hydrogens is 532 g/mol. The van der Waals surface area contributed by atoms with Crippen LogP contribution in [0.4, 0.5) is 0 Å². The molecule has 0 saturated carbocycles. The first-order valence-corrected chi connectivity index (χ1v) is 13.7. The van der Waals surface area contributed by atoms with E-state index in [1.807, 2.05) is 103 Å². The molecule has 200 valence electrons. The third-order valence-corrected chi connectivity index (χ3v) is 7.73. The van der Waals surface area contributed by atoms with Crippen molar-refractivity contribution in [1.82, 2.24) is 19.1 Å². The summed E-state index contributed by atoms with van der Waals surface area (Å²) in [7, 11) is 0. The minimum atomic E-state index is 0.355. The molecule has 43 heavy (non-hydrogen) atoms. The normalized spacial score (nSPS) is 11.2. The molecule has 0 aliphatic carbocycles. The van der Waals surface area contributed by atoms with Crippen molar-refractivity contribution in [2.75, 3.05) is 0 Å². The summed E-state index contributed by atoms with van der Waals surface area (Å²) in [5, 5.41) is 23.6. The maximum atomic E-state index is 10.1. The van der Waals surface area contributed by atoms with Gasteiger partial charge in [-0.1, -0.05) is 48.5 Å². The maximum absolute atomic E-state index is 10.1. The fraction of sp³-hybridized carbons (Fsp3) is 0. The van der Waals surface area contributed by atoms with Crippen LogP contribution in [-0.4, -0.2) is 19.1 Å². The lowest BCUT2D eigenvalue weighted by atomic mass is 10.1. The summed E-state index contributed by atoms with van der Waals surface area (Å²) in [6.07, 6.45) is 1.77. The van der Waals surface area contributed by atoms with E-state index in [1.165, 1.54) is 0 Å². The van der Waals surface area contributed by atoms with Crippen molar-refractivity contribution in [3.8, 4) is 35.4 Å². The number of pyridine rings is 2. The van der Waals surface area contributed by atoms with Crippen molar-refractivity contribution in [2.45, 2.75) is 0 Å². The average molecular weight is 553 g/mol. The number of para-hydroxylation sites is 2. The highest BCUT2D eigenvalue weighted by Crippen LogP contribution is 2.37. The number of ether oxygens (including phenoxy) is 1. The van der Waals surface area contributed by atoms with Gasteiger partial charge < -0.3 is 4.74 Å². The third-order valence-electron chi connectivity index (χ3n) is 7.73. The van der Waals surface area contributed by atoms with Gasteiger partial charge in [-0.15, -0.1) is 0 Å². The van der Waals surface area contributed by atoms with E-state index in [4.69, 9.17) is 9.72 Å². The number of hydrogen-bond acceptors (Lipinski definition) is 5. The summed E-state index contributed by atoms with van der Waals surface area (Å²) >= 11 is 0. The van der Waals surface area contributed by atoms with Crippen molar-refractivity contribution in [2.24, 2.45) is 0 Å². The van der Waals surface area contributed by atoms with Gasteiger partial charge in [0.1, 0.15) is 23.5 Å². The van der Waals surface area contributed by atoms with Crippen LogP contribution in [0.15, 0.2) is 121 Å². The highest BCUT2D eigenvalue weighted by Gasteiger charge is 2.18. The molecule has 0 saturated heterocycles. The lowest BCUT2D eigenvalue weighted by Gasteiger charge is -2.12. The minimum Gasteiger partial charge on any atom is -0.437 e. The van der Waals surface area contributed by atoms with Crippen LogP contribution in [0.2, 0.25) is 0 Å². The van der Waals surface area contributed by atoms with E-state index in [1.54, 1.807) is 12.3 Å². The van der Waals surface area contributed by atoms with Gasteiger partial charge in [0.05, 0.1) is 39.3 Å². The Morgan fingerprint density at radius 2 is 1.23 bits per heavy atom. The van der Waals surface area contributed by atoms with Crippen LogP contribution in [0.5, 0.6) is 11.6 Å². The van der Waals surface area contributed by atoms with Crippen molar-refractivity contribution in [3.05, 3.63) is 133 Å². The monoisotopic (exact) mass is 552 g/mol. The second-order valence-electron chi connectivity index (χ2n) is 10.2. The molecule has 0 radical (unpaired) electrons. The summed E-state index contributed by atoms with van der Waals surface area (Å²) in [6, 6.07) is 41.5. The standard InChI is InChI=1S/C36H20N6O/c37-21-23-15-16-31-27(18-23)25-8-1-3-10-29(25)41(31)35-13-7-14-36(40-35)43-33-20-32-28(19-24(33)22-38)26-9-2-4-11-30(26)42(32)34-12-5-6-17-39-34/h1-20H. The summed E-state index contributed by atoms with van der Waals surface area (Å²) in [5.74, 6) is 2.19. The first kappa shape index (κ1) is 24.4. The van der Waals surface area contributed by atoms with Gasteiger partial charge in [-0.05, 0) is 54.6 Å². The molecule has 8 aromatic rings. The zero-order valence-electron chi connectivity index (χ0n) is 22.6. The lowest BCUT2D eigenvalue weighted by Crippen LogP contribution is -2.00. The molecule has 0 unspecified atom stereocenters. The van der Waals surface area contributed by atoms with E-state index in [2.05, 4.69) is 32.3 Å². The molecule has 7 heteroatoms. The Morgan fingerprint density at radius 3 is 1.95 bits per heavy atom. The summed E-state index contributed by atoms with van der Waals surface area (Å²) < 4.78 is 10.5. The molecule has 4 heterocycles. The van der Waals surface area contributed by atoms with Crippen LogP contribution < -0.4 is 4.74 Å². The summed E-state index contributed by atoms with van der Waals surface area (Å²) in [6.45, 7) is 0. The zero-order chi connectivity index (χ0) is 28.9. The second kappa shape index (κ2) is 9.59. The molecule has 0 aliphatic heterocycles. The number of rotatable bonds is 4. The quantitative estimate of drug-likeness (QED) is 0.219. The smallest absolute Gasteiger partial charge is 0.221 e. The highest BCUT2D eigenvalue weighted by molar-refractivity contribution is 6.10. The fourth-order valence-corrected chi connectivity index (χ4v) is 5.89. The Bertz CT molecular complexity index is 2460. The van der Waals surface area contributed by atoms with Gasteiger partial charge in [0, 0.05) is 39.9 Å². The predicted octanol–water partition coefficient (Wildman–Crippen LogP) is 8.21. The third kappa shape index (κ3) is 3.81. The summed E-state index contributed by atoms with van der Waals surface area (Å²) in [5.41, 5.74) is 4.77. The predicted molar refractivity (Wildman–Crippen MR) is 167 cm³/mol. The van der Waals surface area contributed by atoms with E-state index in [0.717, 1.165) is 49.4 Å². The number of nitriles is 2. The average Bonchev–Trinajstić information content (AvgIpc) is 3.56. The van der Waals surface area contributed by atoms with Gasteiger partial charge in [0.15, 0.2) is 0 Å². The van der Waals surface area contributed by atoms with Crippen LogP contribution in [0.1, 0.15) is 11.1 Å². The molecule has 4 aromatic carbocycles. The first-order valence-electron chi connectivity index (χ1n) is 13.7. The Kier molecular flexibility index (Phi) is 5.43. The first-order chi connectivity index (χ1) is 21.2. The van der Waals surface area contributed by atoms with Crippen LogP contribution >= 0.6 is 0 Å². The molecule has 0 spiro atoms. The van der Waals surface area contributed by atoms with Crippen LogP contribution in [0, 0.1) is 22.7 Å². The van der Waals surface area contributed by atoms with Crippen molar-refractivity contribution in [3.63, 3.8) is 0 Å². The molecular formula is C36H20N6O. The molecule has 0 aliphatic rings. The molecule has 0 amide bonds. The van der Waals surface area contributed by atoms with Gasteiger partial charge in [-0.25, -0.2) is 4.98 Å². The molecule has 0 fully saturated rings. The van der Waals surface area contributed by atoms with E-state index in [-0.39, 0.29) is 0 Å². The van der Waals surface area contributed by atoms with Gasteiger partial charge in [0.2, 0.25) is 5.88 Å². The minimum absolute atomic E-state index is 0.355. The fourth-order valence-electron chi connectivity index (χ4n) is 5.89. The number of benzene rings is 4. The molecule has 0 bridgehead atoms. The van der Waals surface area contributed by atoms with Gasteiger partial charge in [0.25, 0.3) is 0 Å². The van der Waals surface area contributed by atoms with E-state index in [0.29, 0.717) is 28.6 Å². The number of fused-ring (bicyclic) bond motifs is 6. The second-order valence-corrected chi connectivity index (χ2v) is 10.2. The Labute approximate surface area is 245 Å². The molecule has 8 rings (SSSR count). The molecule has 0 N–H and O–H groups in total. The van der Waals surface area contributed by atoms with E-state index in [9.17, 15) is 10.5 Å². The van der Waals surface area contributed by atoms with E-state index < -0.39 is 0 Å². The zero-order valence-corrected chi connectivity index (χ0v) is 22.6. The van der Waals surface area contributed by atoms with Crippen molar-refractivity contribution >= 4 is 43.6 Å². The van der Waals surface area contributed by atoms with Gasteiger partial charge in [-0.2, -0.15) is 15.5 Å². The molecule has 0 atom stereocenters. The SMILES string of the molecule is N#Cc1ccc2c(c1)c1ccccc1n2-c1cccc(Oc2cc3c(cc2C#N)c2ccccc2n3-c2ccccn2)n1. The largest absolute Gasteiger partial charge is 0.437 e. The van der Waals surface area contributed by atoms with Gasteiger partial charge >= 0.3 is 0 Å². The number of nitrogens with zero attached hydrogens (tertiary/aromatic N) is 6. The van der Waals surface area contributed by atoms with Crippen LogP contribution in [0.25, 0.3) is 55.2 Å². The van der Waals surface area contributed by atoms with Crippen LogP contribution in [0.3, 0.4) is 0 Å². The molecule has 4 aromatic heterocycles. The summed E-state index contributed by atoms with van der Waals surface area (Å²) in [4.78, 5) is 9.48. The Hall–Kier alpha value is -6.44. The maximum Gasteiger partial charge on any atom is 0.221 e. The number of aromatic nitrogens is 4. The van der Waals surface area contributed by atoms with Crippen LogP contribution in [-0.2, 0) is 0 Å². The van der Waals surface area contributed by atoms with Crippen molar-refractivity contribution in [1.29, 1.82) is 10.5 Å². The Morgan fingerprint density at radius 1 is 0.558 bits per heavy atom.